The van der Waals surface area contributed by atoms with Crippen molar-refractivity contribution in [1.29, 1.82) is 5.26 Å². The number of nitrogens with zero attached hydrogens (tertiary/aromatic N) is 3. The molecule has 1 aromatic rings. The smallest absolute Gasteiger partial charge is 0.255 e. The first kappa shape index (κ1) is 13.8. The second-order valence-corrected chi connectivity index (χ2v) is 5.00. The predicted molar refractivity (Wildman–Crippen MR) is 69.9 cm³/mol. The van der Waals surface area contributed by atoms with E-state index in [1.165, 1.54) is 12.3 Å². The summed E-state index contributed by atoms with van der Waals surface area (Å²) >= 11 is 5.75. The predicted octanol–water partition coefficient (Wildman–Crippen LogP) is 1.86. The molecular weight excluding hydrogens is 266 g/mol. The average Bonchev–Trinajstić information content (AvgIpc) is 2.37. The molecule has 6 heteroatoms. The summed E-state index contributed by atoms with van der Waals surface area (Å²) in [5, 5.41) is 9.01. The van der Waals surface area contributed by atoms with Gasteiger partial charge in [0.2, 0.25) is 0 Å². The Hall–Kier alpha value is -1.64. The SMILES string of the molecule is C[C@@H]1CN(C(=O)c2cnc(Cl)c(C#N)c2)C[C@H](C)O1. The van der Waals surface area contributed by atoms with Crippen molar-refractivity contribution in [3.05, 3.63) is 28.5 Å². The van der Waals surface area contributed by atoms with E-state index >= 15 is 0 Å². The van der Waals surface area contributed by atoms with E-state index in [0.717, 1.165) is 0 Å². The molecule has 0 radical (unpaired) electrons. The topological polar surface area (TPSA) is 66.2 Å². The molecule has 2 atom stereocenters. The van der Waals surface area contributed by atoms with Crippen LogP contribution in [0.2, 0.25) is 5.15 Å². The maximum absolute atomic E-state index is 12.3. The fourth-order valence-electron chi connectivity index (χ4n) is 2.17. The van der Waals surface area contributed by atoms with Gasteiger partial charge in [0.25, 0.3) is 5.91 Å². The number of pyridine rings is 1. The van der Waals surface area contributed by atoms with Crippen LogP contribution in [0.5, 0.6) is 0 Å². The van der Waals surface area contributed by atoms with Gasteiger partial charge >= 0.3 is 0 Å². The lowest BCUT2D eigenvalue weighted by Crippen LogP contribution is -2.48. The highest BCUT2D eigenvalue weighted by atomic mass is 35.5. The lowest BCUT2D eigenvalue weighted by molar-refractivity contribution is -0.0586. The summed E-state index contributed by atoms with van der Waals surface area (Å²) in [6.07, 6.45) is 1.41. The fourth-order valence-corrected chi connectivity index (χ4v) is 2.32. The van der Waals surface area contributed by atoms with E-state index in [1.807, 2.05) is 19.9 Å². The molecule has 1 fully saturated rings. The number of amides is 1. The third-order valence-electron chi connectivity index (χ3n) is 2.91. The molecule has 1 aliphatic rings. The monoisotopic (exact) mass is 279 g/mol. The molecule has 1 aliphatic heterocycles. The molecule has 0 unspecified atom stereocenters. The lowest BCUT2D eigenvalue weighted by Gasteiger charge is -2.35. The number of carbonyl (C=O) groups excluding carboxylic acids is 1. The van der Waals surface area contributed by atoms with Crippen LogP contribution in [-0.4, -0.2) is 41.1 Å². The van der Waals surface area contributed by atoms with Crippen LogP contribution in [0.4, 0.5) is 0 Å². The fraction of sp³-hybridized carbons (Fsp3) is 0.462. The van der Waals surface area contributed by atoms with Crippen molar-refractivity contribution >= 4 is 17.5 Å². The molecule has 0 N–H and O–H groups in total. The Morgan fingerprint density at radius 3 is 2.74 bits per heavy atom. The molecule has 1 amide bonds. The van der Waals surface area contributed by atoms with Gasteiger partial charge in [-0.05, 0) is 19.9 Å². The summed E-state index contributed by atoms with van der Waals surface area (Å²) in [6, 6.07) is 3.40. The van der Waals surface area contributed by atoms with Gasteiger partial charge in [0, 0.05) is 19.3 Å². The van der Waals surface area contributed by atoms with Crippen LogP contribution in [0, 0.1) is 11.3 Å². The third kappa shape index (κ3) is 3.03. The highest BCUT2D eigenvalue weighted by Crippen LogP contribution is 2.17. The molecular formula is C13H14ClN3O2. The van der Waals surface area contributed by atoms with Crippen LogP contribution >= 0.6 is 11.6 Å². The Bertz CT molecular complexity index is 531. The minimum atomic E-state index is -0.150. The number of rotatable bonds is 1. The van der Waals surface area contributed by atoms with Gasteiger partial charge in [-0.2, -0.15) is 5.26 Å². The number of morpholine rings is 1. The molecule has 0 bridgehead atoms. The van der Waals surface area contributed by atoms with Gasteiger partial charge in [-0.25, -0.2) is 4.98 Å². The molecule has 0 spiro atoms. The summed E-state index contributed by atoms with van der Waals surface area (Å²) in [4.78, 5) is 17.9. The number of nitriles is 1. The number of hydrogen-bond donors (Lipinski definition) is 0. The normalized spacial score (nSPS) is 22.9. The number of hydrogen-bond acceptors (Lipinski definition) is 4. The van der Waals surface area contributed by atoms with E-state index in [0.29, 0.717) is 18.7 Å². The average molecular weight is 280 g/mol. The molecule has 19 heavy (non-hydrogen) atoms. The van der Waals surface area contributed by atoms with Crippen molar-refractivity contribution in [3.63, 3.8) is 0 Å². The van der Waals surface area contributed by atoms with Crippen molar-refractivity contribution in [2.45, 2.75) is 26.1 Å². The highest BCUT2D eigenvalue weighted by molar-refractivity contribution is 6.30. The Balaban J connectivity index is 2.22. The molecule has 1 saturated heterocycles. The van der Waals surface area contributed by atoms with Gasteiger partial charge in [0.15, 0.2) is 0 Å². The summed E-state index contributed by atoms with van der Waals surface area (Å²) in [5.41, 5.74) is 0.587. The van der Waals surface area contributed by atoms with E-state index in [9.17, 15) is 4.79 Å². The van der Waals surface area contributed by atoms with Crippen LogP contribution in [0.3, 0.4) is 0 Å². The van der Waals surface area contributed by atoms with Gasteiger partial charge in [-0.3, -0.25) is 4.79 Å². The number of carbonyl (C=O) groups is 1. The maximum Gasteiger partial charge on any atom is 0.255 e. The van der Waals surface area contributed by atoms with E-state index in [-0.39, 0.29) is 28.8 Å². The molecule has 2 rings (SSSR count). The molecule has 0 aliphatic carbocycles. The van der Waals surface area contributed by atoms with Gasteiger partial charge in [-0.1, -0.05) is 11.6 Å². The quantitative estimate of drug-likeness (QED) is 0.736. The van der Waals surface area contributed by atoms with Crippen molar-refractivity contribution in [3.8, 4) is 6.07 Å². The highest BCUT2D eigenvalue weighted by Gasteiger charge is 2.27. The van der Waals surface area contributed by atoms with E-state index in [2.05, 4.69) is 4.98 Å². The van der Waals surface area contributed by atoms with Crippen molar-refractivity contribution in [2.75, 3.05) is 13.1 Å². The van der Waals surface area contributed by atoms with Gasteiger partial charge < -0.3 is 9.64 Å². The zero-order chi connectivity index (χ0) is 14.0. The van der Waals surface area contributed by atoms with Crippen molar-refractivity contribution in [1.82, 2.24) is 9.88 Å². The van der Waals surface area contributed by atoms with Crippen LogP contribution in [0.15, 0.2) is 12.3 Å². The number of aromatic nitrogens is 1. The Morgan fingerprint density at radius 2 is 2.16 bits per heavy atom. The number of halogens is 1. The largest absolute Gasteiger partial charge is 0.372 e. The van der Waals surface area contributed by atoms with Gasteiger partial charge in [0.1, 0.15) is 11.2 Å². The zero-order valence-corrected chi connectivity index (χ0v) is 11.5. The molecule has 0 saturated carbocycles. The summed E-state index contributed by atoms with van der Waals surface area (Å²) < 4.78 is 5.58. The lowest BCUT2D eigenvalue weighted by atomic mass is 10.1. The Labute approximate surface area is 116 Å². The first-order chi connectivity index (χ1) is 9.01. The van der Waals surface area contributed by atoms with Crippen molar-refractivity contribution < 1.29 is 9.53 Å². The van der Waals surface area contributed by atoms with Crippen molar-refractivity contribution in [2.24, 2.45) is 0 Å². The molecule has 2 heterocycles. The maximum atomic E-state index is 12.3. The Morgan fingerprint density at radius 1 is 1.53 bits per heavy atom. The van der Waals surface area contributed by atoms with Crippen LogP contribution < -0.4 is 0 Å². The second-order valence-electron chi connectivity index (χ2n) is 4.64. The van der Waals surface area contributed by atoms with E-state index in [4.69, 9.17) is 21.6 Å². The minimum Gasteiger partial charge on any atom is -0.372 e. The zero-order valence-electron chi connectivity index (χ0n) is 10.8. The molecule has 1 aromatic heterocycles. The standard InChI is InChI=1S/C13H14ClN3O2/c1-8-6-17(7-9(2)19-8)13(18)11-3-10(4-15)12(14)16-5-11/h3,5,8-9H,6-7H2,1-2H3/t8-,9+. The van der Waals surface area contributed by atoms with Crippen LogP contribution in [-0.2, 0) is 4.74 Å². The van der Waals surface area contributed by atoms with E-state index < -0.39 is 0 Å². The van der Waals surface area contributed by atoms with E-state index in [1.54, 1.807) is 4.90 Å². The molecule has 100 valence electrons. The molecule has 5 nitrogen and oxygen atoms in total. The second kappa shape index (κ2) is 5.55. The first-order valence-corrected chi connectivity index (χ1v) is 6.39. The number of ether oxygens (including phenoxy) is 1. The summed E-state index contributed by atoms with van der Waals surface area (Å²) in [7, 11) is 0. The van der Waals surface area contributed by atoms with Gasteiger partial charge in [0.05, 0.1) is 23.3 Å². The first-order valence-electron chi connectivity index (χ1n) is 6.01. The minimum absolute atomic E-state index is 0.00315. The van der Waals surface area contributed by atoms with Crippen LogP contribution in [0.25, 0.3) is 0 Å². The Kier molecular flexibility index (Phi) is 4.03. The van der Waals surface area contributed by atoms with Gasteiger partial charge in [-0.15, -0.1) is 0 Å². The summed E-state index contributed by atoms with van der Waals surface area (Å²) in [6.45, 7) is 4.93. The third-order valence-corrected chi connectivity index (χ3v) is 3.21. The molecule has 0 aromatic carbocycles. The van der Waals surface area contributed by atoms with Crippen LogP contribution in [0.1, 0.15) is 29.8 Å². The summed E-state index contributed by atoms with van der Waals surface area (Å²) in [5.74, 6) is -0.150.